The Kier molecular flexibility index (Phi) is 6.60. The molecule has 0 aliphatic carbocycles. The molecule has 1 aromatic rings. The lowest BCUT2D eigenvalue weighted by molar-refractivity contribution is -0.139. The standard InChI is InChI=1S/C13H18ClNO5S/c1-9-5-6-10(14)8-12(9)21(18,19)15-11(13(16)17)4-3-7-20-2/h5-6,8,11,15H,3-4,7H2,1-2H3,(H,16,17). The van der Waals surface area contributed by atoms with Gasteiger partial charge in [-0.25, -0.2) is 8.42 Å². The molecule has 1 rings (SSSR count). The highest BCUT2D eigenvalue weighted by Crippen LogP contribution is 2.20. The molecule has 0 heterocycles. The van der Waals surface area contributed by atoms with Crippen molar-refractivity contribution in [3.8, 4) is 0 Å². The Morgan fingerprint density at radius 3 is 2.71 bits per heavy atom. The van der Waals surface area contributed by atoms with Gasteiger partial charge >= 0.3 is 5.97 Å². The van der Waals surface area contributed by atoms with E-state index in [0.717, 1.165) is 0 Å². The molecule has 0 amide bonds. The second-order valence-electron chi connectivity index (χ2n) is 4.56. The molecule has 0 saturated heterocycles. The molecule has 1 aromatic carbocycles. The first-order valence-electron chi connectivity index (χ1n) is 6.28. The summed E-state index contributed by atoms with van der Waals surface area (Å²) in [4.78, 5) is 11.1. The number of carboxylic acids is 1. The fraction of sp³-hybridized carbons (Fsp3) is 0.462. The van der Waals surface area contributed by atoms with Crippen molar-refractivity contribution in [1.82, 2.24) is 4.72 Å². The Hall–Kier alpha value is -1.15. The van der Waals surface area contributed by atoms with Gasteiger partial charge in [0.25, 0.3) is 0 Å². The van der Waals surface area contributed by atoms with Gasteiger partial charge < -0.3 is 9.84 Å². The number of hydrogen-bond donors (Lipinski definition) is 2. The van der Waals surface area contributed by atoms with Crippen molar-refractivity contribution < 1.29 is 23.1 Å². The average Bonchev–Trinajstić information content (AvgIpc) is 2.40. The van der Waals surface area contributed by atoms with Gasteiger partial charge in [0, 0.05) is 18.7 Å². The van der Waals surface area contributed by atoms with Crippen LogP contribution in [0.3, 0.4) is 0 Å². The number of aliphatic carboxylic acids is 1. The Morgan fingerprint density at radius 2 is 2.14 bits per heavy atom. The van der Waals surface area contributed by atoms with Crippen molar-refractivity contribution >= 4 is 27.6 Å². The average molecular weight is 336 g/mol. The number of rotatable bonds is 8. The van der Waals surface area contributed by atoms with Crippen LogP contribution in [0.4, 0.5) is 0 Å². The minimum atomic E-state index is -3.95. The molecular weight excluding hydrogens is 318 g/mol. The zero-order valence-electron chi connectivity index (χ0n) is 11.8. The van der Waals surface area contributed by atoms with E-state index in [-0.39, 0.29) is 16.3 Å². The number of nitrogens with one attached hydrogen (secondary N) is 1. The number of benzene rings is 1. The number of halogens is 1. The zero-order chi connectivity index (χ0) is 16.0. The smallest absolute Gasteiger partial charge is 0.321 e. The monoisotopic (exact) mass is 335 g/mol. The topological polar surface area (TPSA) is 92.7 Å². The minimum Gasteiger partial charge on any atom is -0.480 e. The van der Waals surface area contributed by atoms with Crippen LogP contribution in [0.5, 0.6) is 0 Å². The van der Waals surface area contributed by atoms with E-state index in [4.69, 9.17) is 21.4 Å². The number of carbonyl (C=O) groups is 1. The zero-order valence-corrected chi connectivity index (χ0v) is 13.4. The summed E-state index contributed by atoms with van der Waals surface area (Å²) in [6.45, 7) is 1.98. The fourth-order valence-corrected chi connectivity index (χ4v) is 3.51. The van der Waals surface area contributed by atoms with E-state index in [0.29, 0.717) is 18.6 Å². The van der Waals surface area contributed by atoms with Crippen LogP contribution in [0.1, 0.15) is 18.4 Å². The summed E-state index contributed by atoms with van der Waals surface area (Å²) in [5, 5.41) is 9.38. The van der Waals surface area contributed by atoms with Crippen LogP contribution in [0.25, 0.3) is 0 Å². The fourth-order valence-electron chi connectivity index (χ4n) is 1.78. The van der Waals surface area contributed by atoms with Gasteiger partial charge in [-0.05, 0) is 37.5 Å². The normalized spacial score (nSPS) is 13.1. The molecule has 0 fully saturated rings. The highest BCUT2D eigenvalue weighted by atomic mass is 35.5. The summed E-state index contributed by atoms with van der Waals surface area (Å²) in [5.41, 5.74) is 0.493. The third-order valence-electron chi connectivity index (χ3n) is 2.88. The van der Waals surface area contributed by atoms with Crippen LogP contribution in [0.2, 0.25) is 5.02 Å². The molecule has 0 aliphatic heterocycles. The highest BCUT2D eigenvalue weighted by molar-refractivity contribution is 7.89. The molecule has 118 valence electrons. The van der Waals surface area contributed by atoms with E-state index in [1.807, 2.05) is 0 Å². The molecule has 0 aliphatic rings. The summed E-state index contributed by atoms with van der Waals surface area (Å²) >= 11 is 5.80. The first-order valence-corrected chi connectivity index (χ1v) is 8.14. The Labute approximate surface area is 129 Å². The molecule has 21 heavy (non-hydrogen) atoms. The molecule has 0 aromatic heterocycles. The van der Waals surface area contributed by atoms with Crippen molar-refractivity contribution in [2.45, 2.75) is 30.7 Å². The van der Waals surface area contributed by atoms with E-state index < -0.39 is 22.0 Å². The van der Waals surface area contributed by atoms with Crippen molar-refractivity contribution in [3.05, 3.63) is 28.8 Å². The number of ether oxygens (including phenoxy) is 1. The summed E-state index contributed by atoms with van der Waals surface area (Å²) < 4.78 is 31.6. The number of aryl methyl sites for hydroxylation is 1. The van der Waals surface area contributed by atoms with Crippen molar-refractivity contribution in [1.29, 1.82) is 0 Å². The molecule has 0 radical (unpaired) electrons. The third-order valence-corrected chi connectivity index (χ3v) is 4.73. The van der Waals surface area contributed by atoms with E-state index >= 15 is 0 Å². The number of sulfonamides is 1. The van der Waals surface area contributed by atoms with Gasteiger partial charge in [0.05, 0.1) is 4.90 Å². The Morgan fingerprint density at radius 1 is 1.48 bits per heavy atom. The van der Waals surface area contributed by atoms with Gasteiger partial charge in [0.15, 0.2) is 0 Å². The molecular formula is C13H18ClNO5S. The maximum absolute atomic E-state index is 12.3. The minimum absolute atomic E-state index is 0.0204. The number of methoxy groups -OCH3 is 1. The largest absolute Gasteiger partial charge is 0.480 e. The molecule has 2 N–H and O–H groups in total. The summed E-state index contributed by atoms with van der Waals surface area (Å²) in [7, 11) is -2.46. The van der Waals surface area contributed by atoms with Gasteiger partial charge in [0.1, 0.15) is 6.04 Å². The highest BCUT2D eigenvalue weighted by Gasteiger charge is 2.26. The Balaban J connectivity index is 2.95. The molecule has 0 bridgehead atoms. The van der Waals surface area contributed by atoms with Gasteiger partial charge in [-0.2, -0.15) is 4.72 Å². The lowest BCUT2D eigenvalue weighted by Gasteiger charge is -2.16. The lowest BCUT2D eigenvalue weighted by atomic mass is 10.2. The van der Waals surface area contributed by atoms with Crippen LogP contribution in [-0.2, 0) is 19.6 Å². The summed E-state index contributed by atoms with van der Waals surface area (Å²) in [5.74, 6) is -1.23. The van der Waals surface area contributed by atoms with Gasteiger partial charge in [-0.1, -0.05) is 17.7 Å². The first kappa shape index (κ1) is 17.9. The van der Waals surface area contributed by atoms with Crippen molar-refractivity contribution in [2.24, 2.45) is 0 Å². The maximum atomic E-state index is 12.3. The first-order chi connectivity index (χ1) is 9.77. The number of hydrogen-bond acceptors (Lipinski definition) is 4. The quantitative estimate of drug-likeness (QED) is 0.707. The molecule has 6 nitrogen and oxygen atoms in total. The van der Waals surface area contributed by atoms with Crippen LogP contribution in [-0.4, -0.2) is 39.3 Å². The molecule has 1 atom stereocenters. The van der Waals surface area contributed by atoms with Crippen LogP contribution >= 0.6 is 11.6 Å². The predicted molar refractivity (Wildman–Crippen MR) is 79.0 cm³/mol. The molecule has 8 heteroatoms. The van der Waals surface area contributed by atoms with Crippen molar-refractivity contribution in [2.75, 3.05) is 13.7 Å². The SMILES string of the molecule is COCCCC(NS(=O)(=O)c1cc(Cl)ccc1C)C(=O)O. The van der Waals surface area contributed by atoms with E-state index in [2.05, 4.69) is 4.72 Å². The molecule has 1 unspecified atom stereocenters. The lowest BCUT2D eigenvalue weighted by Crippen LogP contribution is -2.41. The van der Waals surface area contributed by atoms with E-state index in [9.17, 15) is 13.2 Å². The van der Waals surface area contributed by atoms with Gasteiger partial charge in [0.2, 0.25) is 10.0 Å². The van der Waals surface area contributed by atoms with Gasteiger partial charge in [-0.3, -0.25) is 4.79 Å². The predicted octanol–water partition coefficient (Wildman–Crippen LogP) is 1.81. The van der Waals surface area contributed by atoms with Crippen molar-refractivity contribution in [3.63, 3.8) is 0 Å². The third kappa shape index (κ3) is 5.28. The Bertz CT molecular complexity index is 603. The summed E-state index contributed by atoms with van der Waals surface area (Å²) in [6.07, 6.45) is 0.576. The van der Waals surface area contributed by atoms with E-state index in [1.165, 1.54) is 13.2 Å². The van der Waals surface area contributed by atoms with Gasteiger partial charge in [-0.15, -0.1) is 0 Å². The molecule has 0 spiro atoms. The maximum Gasteiger partial charge on any atom is 0.321 e. The number of carboxylic acid groups (broad SMARTS) is 1. The summed E-state index contributed by atoms with van der Waals surface area (Å²) in [6, 6.07) is 3.23. The van der Waals surface area contributed by atoms with E-state index in [1.54, 1.807) is 19.1 Å². The molecule has 0 saturated carbocycles. The second kappa shape index (κ2) is 7.74. The van der Waals surface area contributed by atoms with Crippen LogP contribution in [0.15, 0.2) is 23.1 Å². The van der Waals surface area contributed by atoms with Crippen LogP contribution < -0.4 is 4.72 Å². The van der Waals surface area contributed by atoms with Crippen LogP contribution in [0, 0.1) is 6.92 Å². The second-order valence-corrected chi connectivity index (χ2v) is 6.68.